The zero-order valence-electron chi connectivity index (χ0n) is 11.5. The van der Waals surface area contributed by atoms with Crippen LogP contribution in [0.4, 0.5) is 0 Å². The number of amides is 1. The molecule has 1 aliphatic heterocycles. The summed E-state index contributed by atoms with van der Waals surface area (Å²) in [5, 5.41) is 0. The average Bonchev–Trinajstić information content (AvgIpc) is 2.39. The third kappa shape index (κ3) is 3.39. The summed E-state index contributed by atoms with van der Waals surface area (Å²) in [6.45, 7) is 4.08. The maximum atomic E-state index is 12.5. The smallest absolute Gasteiger partial charge is 0.242 e. The molecule has 2 aliphatic rings. The van der Waals surface area contributed by atoms with Gasteiger partial charge in [-0.1, -0.05) is 32.6 Å². The first-order valence-electron chi connectivity index (χ1n) is 7.24. The lowest BCUT2D eigenvalue weighted by Crippen LogP contribution is -2.58. The van der Waals surface area contributed by atoms with Crippen LogP contribution < -0.4 is 5.73 Å². The fourth-order valence-corrected chi connectivity index (χ4v) is 3.29. The monoisotopic (exact) mass is 274 g/mol. The number of halogens is 1. The molecule has 1 aliphatic carbocycles. The van der Waals surface area contributed by atoms with Crippen molar-refractivity contribution in [3.8, 4) is 0 Å². The molecule has 2 fully saturated rings. The molecule has 0 aromatic rings. The summed E-state index contributed by atoms with van der Waals surface area (Å²) in [6.07, 6.45) is 8.86. The lowest BCUT2D eigenvalue weighted by molar-refractivity contribution is -0.140. The SMILES string of the molecule is CCC1CCCN(C(=O)C2(N)CCCCC2)C1.Cl. The van der Waals surface area contributed by atoms with E-state index in [1.54, 1.807) is 0 Å². The van der Waals surface area contributed by atoms with Crippen LogP contribution in [0.2, 0.25) is 0 Å². The van der Waals surface area contributed by atoms with Gasteiger partial charge in [0, 0.05) is 13.1 Å². The van der Waals surface area contributed by atoms with Crippen LogP contribution in [-0.4, -0.2) is 29.4 Å². The molecule has 18 heavy (non-hydrogen) atoms. The first kappa shape index (κ1) is 15.8. The molecule has 106 valence electrons. The number of rotatable bonds is 2. The Hall–Kier alpha value is -0.280. The Morgan fingerprint density at radius 1 is 1.28 bits per heavy atom. The van der Waals surface area contributed by atoms with Gasteiger partial charge in [-0.2, -0.15) is 0 Å². The summed E-state index contributed by atoms with van der Waals surface area (Å²) in [7, 11) is 0. The zero-order valence-corrected chi connectivity index (χ0v) is 12.3. The van der Waals surface area contributed by atoms with E-state index < -0.39 is 5.54 Å². The van der Waals surface area contributed by atoms with Gasteiger partial charge in [0.15, 0.2) is 0 Å². The van der Waals surface area contributed by atoms with Gasteiger partial charge >= 0.3 is 0 Å². The standard InChI is InChI=1S/C14H26N2O.ClH/c1-2-12-7-6-10-16(11-12)13(17)14(15)8-4-3-5-9-14;/h12H,2-11,15H2,1H3;1H. The van der Waals surface area contributed by atoms with Crippen molar-refractivity contribution in [3.63, 3.8) is 0 Å². The highest BCUT2D eigenvalue weighted by molar-refractivity contribution is 5.86. The van der Waals surface area contributed by atoms with Crippen molar-refractivity contribution < 1.29 is 4.79 Å². The van der Waals surface area contributed by atoms with Gasteiger partial charge in [0.1, 0.15) is 0 Å². The number of hydrogen-bond donors (Lipinski definition) is 1. The zero-order chi connectivity index (χ0) is 12.3. The van der Waals surface area contributed by atoms with Crippen molar-refractivity contribution in [2.75, 3.05) is 13.1 Å². The average molecular weight is 275 g/mol. The number of carbonyl (C=O) groups is 1. The number of hydrogen-bond acceptors (Lipinski definition) is 2. The second kappa shape index (κ2) is 6.76. The summed E-state index contributed by atoms with van der Waals surface area (Å²) < 4.78 is 0. The topological polar surface area (TPSA) is 46.3 Å². The summed E-state index contributed by atoms with van der Waals surface area (Å²) in [5.41, 5.74) is 5.80. The van der Waals surface area contributed by atoms with E-state index in [-0.39, 0.29) is 18.3 Å². The lowest BCUT2D eigenvalue weighted by Gasteiger charge is -2.40. The number of carbonyl (C=O) groups excluding carboxylic acids is 1. The van der Waals surface area contributed by atoms with Gasteiger partial charge in [-0.15, -0.1) is 12.4 Å². The Kier molecular flexibility index (Phi) is 5.93. The molecule has 0 radical (unpaired) electrons. The summed E-state index contributed by atoms with van der Waals surface area (Å²) >= 11 is 0. The van der Waals surface area contributed by atoms with Crippen LogP contribution in [-0.2, 0) is 4.79 Å². The Morgan fingerprint density at radius 3 is 2.56 bits per heavy atom. The highest BCUT2D eigenvalue weighted by Gasteiger charge is 2.39. The van der Waals surface area contributed by atoms with Gasteiger partial charge < -0.3 is 10.6 Å². The lowest BCUT2D eigenvalue weighted by atomic mass is 9.80. The summed E-state index contributed by atoms with van der Waals surface area (Å²) in [6, 6.07) is 0. The largest absolute Gasteiger partial charge is 0.341 e. The van der Waals surface area contributed by atoms with E-state index in [1.165, 1.54) is 19.3 Å². The minimum atomic E-state index is -0.534. The van der Waals surface area contributed by atoms with Gasteiger partial charge in [-0.05, 0) is 31.6 Å². The van der Waals surface area contributed by atoms with Crippen LogP contribution in [0.15, 0.2) is 0 Å². The molecular weight excluding hydrogens is 248 g/mol. The minimum Gasteiger partial charge on any atom is -0.341 e. The maximum Gasteiger partial charge on any atom is 0.242 e. The highest BCUT2D eigenvalue weighted by atomic mass is 35.5. The van der Waals surface area contributed by atoms with Crippen molar-refractivity contribution in [1.29, 1.82) is 0 Å². The van der Waals surface area contributed by atoms with Gasteiger partial charge in [0.05, 0.1) is 5.54 Å². The van der Waals surface area contributed by atoms with Crippen LogP contribution in [0.5, 0.6) is 0 Å². The van der Waals surface area contributed by atoms with Gasteiger partial charge in [-0.25, -0.2) is 0 Å². The molecule has 1 amide bonds. The first-order valence-corrected chi connectivity index (χ1v) is 7.24. The fraction of sp³-hybridized carbons (Fsp3) is 0.929. The van der Waals surface area contributed by atoms with Crippen molar-refractivity contribution >= 4 is 18.3 Å². The maximum absolute atomic E-state index is 12.5. The third-order valence-electron chi connectivity index (χ3n) is 4.56. The molecule has 3 nitrogen and oxygen atoms in total. The Morgan fingerprint density at radius 2 is 1.94 bits per heavy atom. The normalized spacial score (nSPS) is 27.4. The van der Waals surface area contributed by atoms with E-state index in [4.69, 9.17) is 5.73 Å². The van der Waals surface area contributed by atoms with E-state index >= 15 is 0 Å². The molecule has 0 aromatic heterocycles. The molecule has 1 unspecified atom stereocenters. The van der Waals surface area contributed by atoms with Gasteiger partial charge in [0.25, 0.3) is 0 Å². The molecule has 1 heterocycles. The highest BCUT2D eigenvalue weighted by Crippen LogP contribution is 2.29. The third-order valence-corrected chi connectivity index (χ3v) is 4.56. The van der Waals surface area contributed by atoms with Crippen molar-refractivity contribution in [1.82, 2.24) is 4.90 Å². The first-order chi connectivity index (χ1) is 8.15. The molecular formula is C14H27ClN2O. The summed E-state index contributed by atoms with van der Waals surface area (Å²) in [5.74, 6) is 0.926. The van der Waals surface area contributed by atoms with E-state index in [2.05, 4.69) is 6.92 Å². The molecule has 0 bridgehead atoms. The second-order valence-electron chi connectivity index (χ2n) is 5.88. The molecule has 1 saturated heterocycles. The number of nitrogens with two attached hydrogens (primary N) is 1. The second-order valence-corrected chi connectivity index (χ2v) is 5.88. The van der Waals surface area contributed by atoms with Crippen molar-refractivity contribution in [3.05, 3.63) is 0 Å². The molecule has 0 aromatic carbocycles. The van der Waals surface area contributed by atoms with Crippen molar-refractivity contribution in [2.24, 2.45) is 11.7 Å². The Bertz CT molecular complexity index is 277. The van der Waals surface area contributed by atoms with Crippen LogP contribution >= 0.6 is 12.4 Å². The number of piperidine rings is 1. The van der Waals surface area contributed by atoms with Gasteiger partial charge in [0.2, 0.25) is 5.91 Å². The number of nitrogens with zero attached hydrogens (tertiary/aromatic N) is 1. The molecule has 0 spiro atoms. The number of likely N-dealkylation sites (tertiary alicyclic amines) is 1. The Labute approximate surface area is 117 Å². The molecule has 2 rings (SSSR count). The van der Waals surface area contributed by atoms with E-state index in [0.717, 1.165) is 45.2 Å². The van der Waals surface area contributed by atoms with Gasteiger partial charge in [-0.3, -0.25) is 4.79 Å². The van der Waals surface area contributed by atoms with Crippen LogP contribution in [0.1, 0.15) is 58.3 Å². The van der Waals surface area contributed by atoms with E-state index in [9.17, 15) is 4.79 Å². The minimum absolute atomic E-state index is 0. The fourth-order valence-electron chi connectivity index (χ4n) is 3.29. The van der Waals surface area contributed by atoms with E-state index in [0.29, 0.717) is 5.92 Å². The summed E-state index contributed by atoms with van der Waals surface area (Å²) in [4.78, 5) is 14.6. The molecule has 1 saturated carbocycles. The molecule has 1 atom stereocenters. The van der Waals surface area contributed by atoms with Crippen molar-refractivity contribution in [2.45, 2.75) is 63.8 Å². The van der Waals surface area contributed by atoms with Crippen LogP contribution in [0, 0.1) is 5.92 Å². The quantitative estimate of drug-likeness (QED) is 0.842. The predicted octanol–water partition coefficient (Wildman–Crippen LogP) is 2.72. The molecule has 2 N–H and O–H groups in total. The van der Waals surface area contributed by atoms with Crippen LogP contribution in [0.25, 0.3) is 0 Å². The predicted molar refractivity (Wildman–Crippen MR) is 76.8 cm³/mol. The Balaban J connectivity index is 0.00000162. The van der Waals surface area contributed by atoms with E-state index in [1.807, 2.05) is 4.90 Å². The molecule has 4 heteroatoms. The van der Waals surface area contributed by atoms with Crippen LogP contribution in [0.3, 0.4) is 0 Å².